The maximum atomic E-state index is 11.6. The first-order valence-corrected chi connectivity index (χ1v) is 11.0. The van der Waals surface area contributed by atoms with Crippen LogP contribution in [0.15, 0.2) is 23.4 Å². The monoisotopic (exact) mass is 396 g/mol. The summed E-state index contributed by atoms with van der Waals surface area (Å²) in [5.41, 5.74) is 1.66. The van der Waals surface area contributed by atoms with Crippen LogP contribution >= 0.6 is 11.8 Å². The molecule has 0 aliphatic carbocycles. The molecule has 2 heterocycles. The van der Waals surface area contributed by atoms with E-state index in [4.69, 9.17) is 0 Å². The second kappa shape index (κ2) is 7.36. The van der Waals surface area contributed by atoms with Crippen molar-refractivity contribution in [2.75, 3.05) is 11.5 Å². The Bertz CT molecular complexity index is 940. The zero-order valence-corrected chi connectivity index (χ0v) is 16.2. The van der Waals surface area contributed by atoms with Crippen LogP contribution in [0.5, 0.6) is 0 Å². The van der Waals surface area contributed by atoms with Crippen LogP contribution < -0.4 is 0 Å². The number of aromatic nitrogens is 3. The summed E-state index contributed by atoms with van der Waals surface area (Å²) in [4.78, 5) is 10.7. The number of nitrogens with zero attached hydrogens (tertiary/aromatic N) is 4. The largest absolute Gasteiger partial charge is 0.309 e. The average molecular weight is 396 g/mol. The molecule has 1 aliphatic rings. The molecule has 0 bridgehead atoms. The van der Waals surface area contributed by atoms with Gasteiger partial charge in [0.05, 0.1) is 16.4 Å². The van der Waals surface area contributed by atoms with Crippen molar-refractivity contribution in [2.45, 2.75) is 30.7 Å². The van der Waals surface area contributed by atoms with Crippen LogP contribution in [0.2, 0.25) is 0 Å². The van der Waals surface area contributed by atoms with Gasteiger partial charge in [-0.05, 0) is 24.8 Å². The topological polar surface area (TPSA) is 108 Å². The summed E-state index contributed by atoms with van der Waals surface area (Å²) in [6.07, 6.45) is 1.27. The Morgan fingerprint density at radius 1 is 1.38 bits per heavy atom. The van der Waals surface area contributed by atoms with Crippen molar-refractivity contribution in [2.24, 2.45) is 13.0 Å². The smallest absolute Gasteiger partial charge is 0.272 e. The molecule has 1 aliphatic heterocycles. The minimum Gasteiger partial charge on any atom is -0.309 e. The highest BCUT2D eigenvalue weighted by molar-refractivity contribution is 7.98. The summed E-state index contributed by atoms with van der Waals surface area (Å²) in [7, 11) is -1.04. The Kier molecular flexibility index (Phi) is 5.33. The molecule has 0 spiro atoms. The van der Waals surface area contributed by atoms with E-state index in [-0.39, 0.29) is 28.0 Å². The van der Waals surface area contributed by atoms with Gasteiger partial charge in [0.25, 0.3) is 5.69 Å². The molecule has 1 fully saturated rings. The van der Waals surface area contributed by atoms with Crippen molar-refractivity contribution >= 4 is 27.3 Å². The molecule has 0 saturated carbocycles. The first kappa shape index (κ1) is 18.8. The second-order valence-electron chi connectivity index (χ2n) is 6.54. The lowest BCUT2D eigenvalue weighted by Crippen LogP contribution is -2.11. The summed E-state index contributed by atoms with van der Waals surface area (Å²) in [6, 6.07) is 5.05. The maximum absolute atomic E-state index is 11.6. The zero-order chi connectivity index (χ0) is 18.9. The van der Waals surface area contributed by atoms with Gasteiger partial charge < -0.3 is 4.57 Å². The number of hydrogen-bond donors (Lipinski definition) is 0. The first-order valence-electron chi connectivity index (χ1n) is 8.21. The van der Waals surface area contributed by atoms with E-state index in [0.717, 1.165) is 11.4 Å². The fourth-order valence-corrected chi connectivity index (χ4v) is 5.96. The number of thioether (sulfide) groups is 1. The highest BCUT2D eigenvalue weighted by Crippen LogP contribution is 2.28. The van der Waals surface area contributed by atoms with Crippen LogP contribution in [0.25, 0.3) is 0 Å². The van der Waals surface area contributed by atoms with Gasteiger partial charge >= 0.3 is 0 Å². The molecule has 26 heavy (non-hydrogen) atoms. The van der Waals surface area contributed by atoms with Crippen molar-refractivity contribution in [1.82, 2.24) is 14.8 Å². The van der Waals surface area contributed by atoms with Gasteiger partial charge in [0.1, 0.15) is 5.82 Å². The van der Waals surface area contributed by atoms with Gasteiger partial charge in [-0.25, -0.2) is 8.42 Å². The molecule has 8 nitrogen and oxygen atoms in total. The molecular weight excluding hydrogens is 376 g/mol. The van der Waals surface area contributed by atoms with Crippen molar-refractivity contribution in [3.05, 3.63) is 45.3 Å². The third kappa shape index (κ3) is 4.07. The van der Waals surface area contributed by atoms with Crippen molar-refractivity contribution in [3.8, 4) is 0 Å². The van der Waals surface area contributed by atoms with Crippen molar-refractivity contribution in [1.29, 1.82) is 0 Å². The Hall–Kier alpha value is -1.94. The number of sulfone groups is 1. The van der Waals surface area contributed by atoms with Crippen LogP contribution in [-0.2, 0) is 29.1 Å². The maximum Gasteiger partial charge on any atom is 0.272 e. The van der Waals surface area contributed by atoms with Gasteiger partial charge in [0.15, 0.2) is 15.0 Å². The van der Waals surface area contributed by atoms with E-state index in [0.29, 0.717) is 29.3 Å². The van der Waals surface area contributed by atoms with Crippen molar-refractivity contribution < 1.29 is 13.3 Å². The van der Waals surface area contributed by atoms with Crippen LogP contribution in [0.4, 0.5) is 5.69 Å². The molecule has 1 aromatic carbocycles. The highest BCUT2D eigenvalue weighted by atomic mass is 32.2. The van der Waals surface area contributed by atoms with Crippen molar-refractivity contribution in [3.63, 3.8) is 0 Å². The summed E-state index contributed by atoms with van der Waals surface area (Å²) < 4.78 is 25.1. The number of hydrogen-bond acceptors (Lipinski definition) is 7. The summed E-state index contributed by atoms with van der Waals surface area (Å²) in [6.45, 7) is 1.75. The summed E-state index contributed by atoms with van der Waals surface area (Å²) >= 11 is 1.46. The van der Waals surface area contributed by atoms with Gasteiger partial charge in [-0.2, -0.15) is 0 Å². The molecule has 1 saturated heterocycles. The van der Waals surface area contributed by atoms with Gasteiger partial charge in [0.2, 0.25) is 0 Å². The number of nitro groups is 1. The van der Waals surface area contributed by atoms with Gasteiger partial charge in [0, 0.05) is 30.9 Å². The van der Waals surface area contributed by atoms with Crippen LogP contribution in [0.3, 0.4) is 0 Å². The third-order valence-corrected chi connectivity index (χ3v) is 7.60. The van der Waals surface area contributed by atoms with E-state index in [9.17, 15) is 18.5 Å². The summed E-state index contributed by atoms with van der Waals surface area (Å²) in [5, 5.41) is 20.1. The van der Waals surface area contributed by atoms with Crippen LogP contribution in [-0.4, -0.2) is 39.6 Å². The first-order chi connectivity index (χ1) is 12.3. The summed E-state index contributed by atoms with van der Waals surface area (Å²) in [5.74, 6) is 1.89. The van der Waals surface area contributed by atoms with Gasteiger partial charge in [-0.15, -0.1) is 10.2 Å². The lowest BCUT2D eigenvalue weighted by atomic mass is 10.1. The van der Waals surface area contributed by atoms with Crippen LogP contribution in [0.1, 0.15) is 23.4 Å². The number of rotatable bonds is 6. The molecule has 140 valence electrons. The molecule has 0 N–H and O–H groups in total. The normalized spacial score (nSPS) is 18.9. The van der Waals surface area contributed by atoms with E-state index < -0.39 is 9.84 Å². The molecule has 1 atom stereocenters. The lowest BCUT2D eigenvalue weighted by molar-refractivity contribution is -0.385. The fourth-order valence-electron chi connectivity index (χ4n) is 3.11. The van der Waals surface area contributed by atoms with Gasteiger partial charge in [-0.1, -0.05) is 23.9 Å². The zero-order valence-electron chi connectivity index (χ0n) is 14.6. The second-order valence-corrected chi connectivity index (χ2v) is 9.71. The molecule has 2 aromatic rings. The van der Waals surface area contributed by atoms with E-state index in [2.05, 4.69) is 10.2 Å². The number of benzene rings is 1. The Balaban J connectivity index is 1.68. The Morgan fingerprint density at radius 2 is 2.15 bits per heavy atom. The predicted molar refractivity (Wildman–Crippen MR) is 98.9 cm³/mol. The molecule has 0 amide bonds. The average Bonchev–Trinajstić information content (AvgIpc) is 3.09. The Morgan fingerprint density at radius 3 is 2.81 bits per heavy atom. The van der Waals surface area contributed by atoms with E-state index >= 15 is 0 Å². The SMILES string of the molecule is Cc1c(CSc2nnc(CC3CCS(=O)(=O)C3)n2C)cccc1[N+](=O)[O-]. The molecule has 10 heteroatoms. The number of nitro benzene ring substituents is 1. The standard InChI is InChI=1S/C16H20N4O4S2/c1-11-13(4-3-5-14(11)20(21)22)9-25-16-18-17-15(19(16)2)8-12-6-7-26(23,24)10-12/h3-5,12H,6-10H2,1-2H3. The molecule has 1 aromatic heterocycles. The highest BCUT2D eigenvalue weighted by Gasteiger charge is 2.29. The quantitative estimate of drug-likeness (QED) is 0.419. The van der Waals surface area contributed by atoms with E-state index in [1.807, 2.05) is 17.7 Å². The molecule has 1 unspecified atom stereocenters. The molecular formula is C16H20N4O4S2. The minimum absolute atomic E-state index is 0.0970. The predicted octanol–water partition coefficient (Wildman–Crippen LogP) is 2.30. The van der Waals surface area contributed by atoms with Gasteiger partial charge in [-0.3, -0.25) is 10.1 Å². The fraction of sp³-hybridized carbons (Fsp3) is 0.500. The Labute approximate surface area is 156 Å². The van der Waals surface area contributed by atoms with E-state index in [1.54, 1.807) is 13.0 Å². The lowest BCUT2D eigenvalue weighted by Gasteiger charge is -2.08. The van der Waals surface area contributed by atoms with Crippen LogP contribution in [0, 0.1) is 23.0 Å². The molecule has 0 radical (unpaired) electrons. The van der Waals surface area contributed by atoms with E-state index in [1.165, 1.54) is 17.8 Å². The third-order valence-electron chi connectivity index (χ3n) is 4.69. The molecule has 3 rings (SSSR count). The minimum atomic E-state index is -2.90.